The summed E-state index contributed by atoms with van der Waals surface area (Å²) in [6.45, 7) is 2.64. The Bertz CT molecular complexity index is 1200. The molecule has 0 bridgehead atoms. The predicted molar refractivity (Wildman–Crippen MR) is 125 cm³/mol. The molecule has 4 aromatic rings. The van der Waals surface area contributed by atoms with Crippen LogP contribution in [-0.4, -0.2) is 15.5 Å². The molecule has 3 aromatic carbocycles. The van der Waals surface area contributed by atoms with Crippen LogP contribution in [0.5, 0.6) is 0 Å². The van der Waals surface area contributed by atoms with Crippen molar-refractivity contribution in [2.24, 2.45) is 0 Å². The first-order valence-electron chi connectivity index (χ1n) is 9.85. The molecular weight excluding hydrogens is 438 g/mol. The molecule has 0 saturated carbocycles. The molecule has 1 amide bonds. The number of halogens is 1. The van der Waals surface area contributed by atoms with Gasteiger partial charge in [-0.3, -0.25) is 4.79 Å². The fourth-order valence-electron chi connectivity index (χ4n) is 3.45. The highest BCUT2D eigenvalue weighted by Crippen LogP contribution is 2.22. The van der Waals surface area contributed by atoms with Crippen LogP contribution in [0.2, 0.25) is 0 Å². The van der Waals surface area contributed by atoms with Gasteiger partial charge in [0.1, 0.15) is 5.82 Å². The van der Waals surface area contributed by atoms with Crippen LogP contribution in [0.3, 0.4) is 0 Å². The molecule has 1 unspecified atom stereocenters. The topological polar surface area (TPSA) is 46.9 Å². The molecule has 0 aliphatic rings. The molecule has 30 heavy (non-hydrogen) atoms. The van der Waals surface area contributed by atoms with Crippen molar-refractivity contribution in [2.45, 2.75) is 19.5 Å². The second-order valence-corrected chi connectivity index (χ2v) is 8.00. The van der Waals surface area contributed by atoms with Crippen LogP contribution >= 0.6 is 15.9 Å². The minimum Gasteiger partial charge on any atom is -0.342 e. The van der Waals surface area contributed by atoms with E-state index >= 15 is 0 Å². The summed E-state index contributed by atoms with van der Waals surface area (Å²) in [6, 6.07) is 25.4. The van der Waals surface area contributed by atoms with E-state index in [1.807, 2.05) is 61.5 Å². The van der Waals surface area contributed by atoms with E-state index in [0.29, 0.717) is 12.1 Å². The molecule has 0 aliphatic heterocycles. The molecule has 0 radical (unpaired) electrons. The van der Waals surface area contributed by atoms with Gasteiger partial charge < -0.3 is 9.88 Å². The molecule has 4 rings (SSSR count). The summed E-state index contributed by atoms with van der Waals surface area (Å²) in [5.41, 5.74) is 3.74. The van der Waals surface area contributed by atoms with E-state index in [9.17, 15) is 4.79 Å². The number of hydrogen-bond acceptors (Lipinski definition) is 2. The third kappa shape index (κ3) is 4.52. The average molecular weight is 460 g/mol. The number of carbonyl (C=O) groups is 1. The number of nitrogens with one attached hydrogen (secondary N) is 1. The number of allylic oxidation sites excluding steroid dienone is 1. The van der Waals surface area contributed by atoms with Gasteiger partial charge in [0.2, 0.25) is 0 Å². The first-order valence-corrected chi connectivity index (χ1v) is 10.6. The van der Waals surface area contributed by atoms with Crippen LogP contribution < -0.4 is 5.32 Å². The lowest BCUT2D eigenvalue weighted by molar-refractivity contribution is 0.0937. The number of aromatic nitrogens is 2. The van der Waals surface area contributed by atoms with Gasteiger partial charge in [0.15, 0.2) is 0 Å². The molecule has 5 heteroatoms. The van der Waals surface area contributed by atoms with E-state index in [1.54, 1.807) is 6.07 Å². The first-order chi connectivity index (χ1) is 14.6. The van der Waals surface area contributed by atoms with Gasteiger partial charge in [0.05, 0.1) is 17.1 Å². The quantitative estimate of drug-likeness (QED) is 0.384. The van der Waals surface area contributed by atoms with Crippen molar-refractivity contribution < 1.29 is 4.79 Å². The number of hydrogen-bond donors (Lipinski definition) is 1. The van der Waals surface area contributed by atoms with Crippen LogP contribution in [0, 0.1) is 0 Å². The third-order valence-electron chi connectivity index (χ3n) is 4.90. The van der Waals surface area contributed by atoms with Gasteiger partial charge >= 0.3 is 0 Å². The maximum Gasteiger partial charge on any atom is 0.251 e. The van der Waals surface area contributed by atoms with Crippen molar-refractivity contribution in [1.82, 2.24) is 14.9 Å². The Hall–Kier alpha value is -3.18. The number of benzene rings is 3. The summed E-state index contributed by atoms with van der Waals surface area (Å²) in [5, 5.41) is 3.08. The van der Waals surface area contributed by atoms with Crippen molar-refractivity contribution in [3.05, 3.63) is 106 Å². The molecule has 0 aliphatic carbocycles. The minimum atomic E-state index is -0.242. The maximum absolute atomic E-state index is 12.7. The number of fused-ring (bicyclic) bond motifs is 1. The van der Waals surface area contributed by atoms with Gasteiger partial charge in [-0.25, -0.2) is 4.98 Å². The molecule has 150 valence electrons. The standard InChI is InChI=1S/C25H22BrN3O/c1-18(27-25(30)20-12-7-13-21(26)17-20)24-28-22-14-5-6-15-23(22)29(24)16-8-11-19-9-3-2-4-10-19/h2-15,17-18H,16H2,1H3,(H,27,30)/b11-8+. The molecule has 0 spiro atoms. The molecular formula is C25H22BrN3O. The summed E-state index contributed by atoms with van der Waals surface area (Å²) in [7, 11) is 0. The molecule has 1 N–H and O–H groups in total. The van der Waals surface area contributed by atoms with Gasteiger partial charge in [0.25, 0.3) is 5.91 Å². The van der Waals surface area contributed by atoms with Crippen LogP contribution in [0.15, 0.2) is 89.4 Å². The van der Waals surface area contributed by atoms with Gasteiger partial charge in [-0.15, -0.1) is 0 Å². The zero-order valence-electron chi connectivity index (χ0n) is 16.6. The zero-order chi connectivity index (χ0) is 20.9. The number of rotatable bonds is 6. The lowest BCUT2D eigenvalue weighted by Gasteiger charge is -2.16. The lowest BCUT2D eigenvalue weighted by Crippen LogP contribution is -2.28. The Balaban J connectivity index is 1.60. The summed E-state index contributed by atoms with van der Waals surface area (Å²) in [5.74, 6) is 0.708. The van der Waals surface area contributed by atoms with E-state index < -0.39 is 0 Å². The summed E-state index contributed by atoms with van der Waals surface area (Å²) < 4.78 is 3.03. The van der Waals surface area contributed by atoms with Crippen molar-refractivity contribution in [1.29, 1.82) is 0 Å². The highest BCUT2D eigenvalue weighted by Gasteiger charge is 2.18. The van der Waals surface area contributed by atoms with Crippen molar-refractivity contribution in [2.75, 3.05) is 0 Å². The van der Waals surface area contributed by atoms with Crippen molar-refractivity contribution in [3.63, 3.8) is 0 Å². The molecule has 4 nitrogen and oxygen atoms in total. The lowest BCUT2D eigenvalue weighted by atomic mass is 10.2. The Labute approximate surface area is 184 Å². The first kappa shape index (κ1) is 20.1. The smallest absolute Gasteiger partial charge is 0.251 e. The fourth-order valence-corrected chi connectivity index (χ4v) is 3.85. The summed E-state index contributed by atoms with van der Waals surface area (Å²) in [4.78, 5) is 17.5. The van der Waals surface area contributed by atoms with Gasteiger partial charge in [-0.05, 0) is 42.8 Å². The largest absolute Gasteiger partial charge is 0.342 e. The van der Waals surface area contributed by atoms with E-state index in [4.69, 9.17) is 4.98 Å². The highest BCUT2D eigenvalue weighted by molar-refractivity contribution is 9.10. The molecule has 1 heterocycles. The Kier molecular flexibility index (Phi) is 6.10. The van der Waals surface area contributed by atoms with Crippen LogP contribution in [0.25, 0.3) is 17.1 Å². The van der Waals surface area contributed by atoms with E-state index in [-0.39, 0.29) is 11.9 Å². The van der Waals surface area contributed by atoms with Crippen molar-refractivity contribution in [3.8, 4) is 0 Å². The number of imidazole rings is 1. The SMILES string of the molecule is CC(NC(=O)c1cccc(Br)c1)c1nc2ccccc2n1C/C=C/c1ccccc1. The molecule has 1 atom stereocenters. The monoisotopic (exact) mass is 459 g/mol. The molecule has 0 saturated heterocycles. The fraction of sp³-hybridized carbons (Fsp3) is 0.120. The number of nitrogens with zero attached hydrogens (tertiary/aromatic N) is 2. The van der Waals surface area contributed by atoms with Crippen molar-refractivity contribution >= 4 is 38.9 Å². The second kappa shape index (κ2) is 9.09. The Morgan fingerprint density at radius 1 is 1.07 bits per heavy atom. The zero-order valence-corrected chi connectivity index (χ0v) is 18.2. The maximum atomic E-state index is 12.7. The van der Waals surface area contributed by atoms with Crippen LogP contribution in [0.1, 0.15) is 34.7 Å². The van der Waals surface area contributed by atoms with E-state index in [1.165, 1.54) is 0 Å². The third-order valence-corrected chi connectivity index (χ3v) is 5.40. The Morgan fingerprint density at radius 3 is 2.63 bits per heavy atom. The van der Waals surface area contributed by atoms with Gasteiger partial charge in [0, 0.05) is 16.6 Å². The minimum absolute atomic E-state index is 0.123. The highest BCUT2D eigenvalue weighted by atomic mass is 79.9. The van der Waals surface area contributed by atoms with Crippen LogP contribution in [-0.2, 0) is 6.54 Å². The van der Waals surface area contributed by atoms with Gasteiger partial charge in [-0.1, -0.05) is 76.6 Å². The number of para-hydroxylation sites is 2. The summed E-state index contributed by atoms with van der Waals surface area (Å²) in [6.07, 6.45) is 4.22. The van der Waals surface area contributed by atoms with E-state index in [0.717, 1.165) is 26.9 Å². The average Bonchev–Trinajstić information content (AvgIpc) is 3.13. The number of amides is 1. The van der Waals surface area contributed by atoms with Gasteiger partial charge in [-0.2, -0.15) is 0 Å². The predicted octanol–water partition coefficient (Wildman–Crippen LogP) is 6.00. The normalized spacial score (nSPS) is 12.3. The van der Waals surface area contributed by atoms with E-state index in [2.05, 4.69) is 56.2 Å². The van der Waals surface area contributed by atoms with Crippen LogP contribution in [0.4, 0.5) is 0 Å². The Morgan fingerprint density at radius 2 is 1.83 bits per heavy atom. The number of carbonyl (C=O) groups excluding carboxylic acids is 1. The molecule has 0 fully saturated rings. The molecule has 1 aromatic heterocycles. The summed E-state index contributed by atoms with van der Waals surface area (Å²) >= 11 is 3.42. The second-order valence-electron chi connectivity index (χ2n) is 7.09.